The van der Waals surface area contributed by atoms with Gasteiger partial charge in [0.2, 0.25) is 0 Å². The third-order valence-corrected chi connectivity index (χ3v) is 9.24. The molecule has 206 valence electrons. The number of aromatic amines is 1. The Kier molecular flexibility index (Phi) is 12.8. The van der Waals surface area contributed by atoms with E-state index in [0.717, 1.165) is 19.3 Å². The van der Waals surface area contributed by atoms with Crippen molar-refractivity contribution in [2.45, 2.75) is 120 Å². The Morgan fingerprint density at radius 3 is 1.86 bits per heavy atom. The Labute approximate surface area is 217 Å². The van der Waals surface area contributed by atoms with Gasteiger partial charge in [-0.25, -0.2) is 4.98 Å². The molecule has 0 bridgehead atoms. The van der Waals surface area contributed by atoms with Crippen molar-refractivity contribution < 1.29 is 25.9 Å². The molecular weight excluding hydrogens is 500 g/mol. The number of hydrogen-bond acceptors (Lipinski definition) is 5. The summed E-state index contributed by atoms with van der Waals surface area (Å²) in [6.45, 7) is 3.75. The Morgan fingerprint density at radius 1 is 0.833 bits per heavy atom. The summed E-state index contributed by atoms with van der Waals surface area (Å²) in [5.41, 5.74) is 0.968. The fourth-order valence-corrected chi connectivity index (χ4v) is 5.94. The Balaban J connectivity index is 1.80. The van der Waals surface area contributed by atoms with Gasteiger partial charge in [0.1, 0.15) is 5.82 Å². The molecule has 36 heavy (non-hydrogen) atoms. The first-order chi connectivity index (χ1) is 17.0. The highest BCUT2D eigenvalue weighted by Crippen LogP contribution is 2.25. The van der Waals surface area contributed by atoms with Crippen molar-refractivity contribution in [1.82, 2.24) is 9.97 Å². The smallest absolute Gasteiger partial charge is 0.294 e. The van der Waals surface area contributed by atoms with Crippen LogP contribution in [0.15, 0.2) is 23.1 Å². The third kappa shape index (κ3) is 10.9. The van der Waals surface area contributed by atoms with Gasteiger partial charge in [0, 0.05) is 6.42 Å². The van der Waals surface area contributed by atoms with Crippen LogP contribution in [-0.2, 0) is 26.7 Å². The minimum absolute atomic E-state index is 0.236. The van der Waals surface area contributed by atoms with E-state index >= 15 is 0 Å². The monoisotopic (exact) mass is 544 g/mol. The molecule has 0 amide bonds. The van der Waals surface area contributed by atoms with E-state index in [2.05, 4.69) is 16.9 Å². The van der Waals surface area contributed by atoms with Crippen LogP contribution in [0.25, 0.3) is 11.0 Å². The second kappa shape index (κ2) is 15.1. The van der Waals surface area contributed by atoms with Crippen LogP contribution in [0.3, 0.4) is 0 Å². The first-order valence-electron chi connectivity index (χ1n) is 13.4. The zero-order chi connectivity index (χ0) is 26.6. The number of benzene rings is 1. The summed E-state index contributed by atoms with van der Waals surface area (Å²) in [7, 11) is -8.53. The summed E-state index contributed by atoms with van der Waals surface area (Å²) in [4.78, 5) is 7.24. The van der Waals surface area contributed by atoms with E-state index in [4.69, 9.17) is 0 Å². The highest BCUT2D eigenvalue weighted by Gasteiger charge is 2.28. The van der Waals surface area contributed by atoms with E-state index in [9.17, 15) is 25.9 Å². The number of unbranched alkanes of at least 4 members (excludes halogenated alkanes) is 12. The van der Waals surface area contributed by atoms with Gasteiger partial charge in [-0.2, -0.15) is 16.8 Å². The molecule has 0 radical (unpaired) electrons. The number of rotatable bonds is 19. The van der Waals surface area contributed by atoms with E-state index < -0.39 is 25.5 Å². The van der Waals surface area contributed by atoms with Crippen LogP contribution >= 0.6 is 0 Å². The minimum Gasteiger partial charge on any atom is -0.342 e. The molecule has 0 aliphatic carbocycles. The standard InChI is InChI=1S/C26H44N2O6S2/c1-3-4-5-6-7-8-9-10-11-12-13-14-15-16-22(21(2)35(29,30)31)19-26-27-24-18-17-23(36(32,33)34)20-25(24)28-26/h17-18,20-22H,3-16,19H2,1-2H3,(H,27,28)(H,29,30,31)(H,32,33,34). The van der Waals surface area contributed by atoms with Gasteiger partial charge in [0.15, 0.2) is 0 Å². The van der Waals surface area contributed by atoms with Gasteiger partial charge in [0.05, 0.1) is 21.2 Å². The first-order valence-corrected chi connectivity index (χ1v) is 16.4. The third-order valence-electron chi connectivity index (χ3n) is 7.07. The second-order valence-corrected chi connectivity index (χ2v) is 13.2. The van der Waals surface area contributed by atoms with Gasteiger partial charge in [-0.3, -0.25) is 9.11 Å². The van der Waals surface area contributed by atoms with Crippen LogP contribution in [0.2, 0.25) is 0 Å². The lowest BCUT2D eigenvalue weighted by Crippen LogP contribution is -2.28. The lowest BCUT2D eigenvalue weighted by Gasteiger charge is -2.21. The number of imidazole rings is 1. The topological polar surface area (TPSA) is 137 Å². The molecule has 2 atom stereocenters. The molecule has 1 aromatic carbocycles. The molecule has 2 unspecified atom stereocenters. The predicted octanol–water partition coefficient (Wildman–Crippen LogP) is 6.73. The highest BCUT2D eigenvalue weighted by atomic mass is 32.2. The lowest BCUT2D eigenvalue weighted by atomic mass is 9.94. The van der Waals surface area contributed by atoms with Crippen molar-refractivity contribution >= 4 is 31.3 Å². The van der Waals surface area contributed by atoms with E-state index in [1.54, 1.807) is 0 Å². The van der Waals surface area contributed by atoms with Gasteiger partial charge < -0.3 is 4.98 Å². The van der Waals surface area contributed by atoms with E-state index in [1.165, 1.54) is 89.3 Å². The van der Waals surface area contributed by atoms with E-state index in [0.29, 0.717) is 29.7 Å². The maximum Gasteiger partial charge on any atom is 0.294 e. The summed E-state index contributed by atoms with van der Waals surface area (Å²) in [6, 6.07) is 4.06. The fraction of sp³-hybridized carbons (Fsp3) is 0.731. The predicted molar refractivity (Wildman–Crippen MR) is 144 cm³/mol. The first kappa shape index (κ1) is 30.7. The molecule has 8 nitrogen and oxygen atoms in total. The lowest BCUT2D eigenvalue weighted by molar-refractivity contribution is 0.393. The van der Waals surface area contributed by atoms with Crippen molar-refractivity contribution in [3.8, 4) is 0 Å². The average Bonchev–Trinajstić information content (AvgIpc) is 3.21. The number of nitrogens with one attached hydrogen (secondary N) is 1. The number of aromatic nitrogens is 2. The van der Waals surface area contributed by atoms with Crippen LogP contribution in [0, 0.1) is 5.92 Å². The summed E-state index contributed by atoms with van der Waals surface area (Å²) in [5, 5.41) is -0.934. The number of H-pyrrole nitrogens is 1. The normalized spacial score (nSPS) is 14.3. The Hall–Kier alpha value is -1.49. The number of hydrogen-bond donors (Lipinski definition) is 3. The van der Waals surface area contributed by atoms with Crippen molar-refractivity contribution in [3.05, 3.63) is 24.0 Å². The SMILES string of the molecule is CCCCCCCCCCCCCCCC(Cc1nc2ccc(S(=O)(=O)O)cc2[nH]1)C(C)S(=O)(=O)O. The van der Waals surface area contributed by atoms with Gasteiger partial charge in [-0.1, -0.05) is 90.4 Å². The van der Waals surface area contributed by atoms with Crippen molar-refractivity contribution in [1.29, 1.82) is 0 Å². The van der Waals surface area contributed by atoms with Crippen LogP contribution in [-0.4, -0.2) is 41.2 Å². The van der Waals surface area contributed by atoms with Crippen LogP contribution in [0.4, 0.5) is 0 Å². The molecule has 3 N–H and O–H groups in total. The average molecular weight is 545 g/mol. The summed E-state index contributed by atoms with van der Waals surface area (Å²) >= 11 is 0. The fourth-order valence-electron chi connectivity index (χ4n) is 4.72. The quantitative estimate of drug-likeness (QED) is 0.132. The molecule has 0 aliphatic heterocycles. The van der Waals surface area contributed by atoms with Crippen molar-refractivity contribution in [2.24, 2.45) is 5.92 Å². The second-order valence-electron chi connectivity index (χ2n) is 10.1. The van der Waals surface area contributed by atoms with E-state index in [-0.39, 0.29) is 10.8 Å². The summed E-state index contributed by atoms with van der Waals surface area (Å²) < 4.78 is 65.4. The van der Waals surface area contributed by atoms with Crippen LogP contribution in [0.1, 0.15) is 110 Å². The number of nitrogens with zero attached hydrogens (tertiary/aromatic N) is 1. The maximum absolute atomic E-state index is 11.9. The van der Waals surface area contributed by atoms with E-state index in [1.807, 2.05) is 0 Å². The van der Waals surface area contributed by atoms with Gasteiger partial charge in [0.25, 0.3) is 20.2 Å². The summed E-state index contributed by atoms with van der Waals surface area (Å²) in [5.74, 6) is 0.196. The molecule has 2 aromatic rings. The molecule has 2 rings (SSSR count). The zero-order valence-electron chi connectivity index (χ0n) is 21.8. The Morgan fingerprint density at radius 2 is 1.36 bits per heavy atom. The van der Waals surface area contributed by atoms with Crippen LogP contribution < -0.4 is 0 Å². The van der Waals surface area contributed by atoms with Gasteiger partial charge >= 0.3 is 0 Å². The van der Waals surface area contributed by atoms with Gasteiger partial charge in [-0.15, -0.1) is 0 Å². The number of fused-ring (bicyclic) bond motifs is 1. The van der Waals surface area contributed by atoms with Crippen molar-refractivity contribution in [3.63, 3.8) is 0 Å². The molecule has 10 heteroatoms. The molecule has 0 saturated heterocycles. The molecular formula is C26H44N2O6S2. The molecule has 0 aliphatic rings. The van der Waals surface area contributed by atoms with Crippen molar-refractivity contribution in [2.75, 3.05) is 0 Å². The minimum atomic E-state index is -4.33. The largest absolute Gasteiger partial charge is 0.342 e. The molecule has 1 heterocycles. The zero-order valence-corrected chi connectivity index (χ0v) is 23.4. The molecule has 0 saturated carbocycles. The molecule has 0 fully saturated rings. The maximum atomic E-state index is 11.9. The molecule has 0 spiro atoms. The van der Waals surface area contributed by atoms with Gasteiger partial charge in [-0.05, 0) is 37.5 Å². The highest BCUT2D eigenvalue weighted by molar-refractivity contribution is 7.86. The Bertz CT molecular complexity index is 1130. The molecule has 1 aromatic heterocycles. The van der Waals surface area contributed by atoms with Crippen LogP contribution in [0.5, 0.6) is 0 Å². The summed E-state index contributed by atoms with van der Waals surface area (Å²) in [6.07, 6.45) is 17.0.